The van der Waals surface area contributed by atoms with E-state index in [1.54, 1.807) is 13.0 Å². The Kier molecular flexibility index (Phi) is 7.22. The summed E-state index contributed by atoms with van der Waals surface area (Å²) in [7, 11) is 0. The van der Waals surface area contributed by atoms with Crippen LogP contribution in [0.5, 0.6) is 5.75 Å². The summed E-state index contributed by atoms with van der Waals surface area (Å²) in [6.07, 6.45) is 0.652. The molecule has 0 unspecified atom stereocenters. The molecule has 5 fully saturated rings. The van der Waals surface area contributed by atoms with Gasteiger partial charge in [-0.3, -0.25) is 9.59 Å². The lowest BCUT2D eigenvalue weighted by molar-refractivity contribution is -0.235. The molecule has 0 bridgehead atoms. The van der Waals surface area contributed by atoms with Crippen molar-refractivity contribution in [1.82, 2.24) is 0 Å². The number of alkyl halides is 2. The molecule has 10 atom stereocenters. The van der Waals surface area contributed by atoms with E-state index in [0.717, 1.165) is 31.8 Å². The highest BCUT2D eigenvalue weighted by Crippen LogP contribution is 2.72. The summed E-state index contributed by atoms with van der Waals surface area (Å²) in [4.78, 5) is 25.8. The minimum atomic E-state index is -2.35. The number of fused-ring (bicyclic) bond motifs is 7. The molecule has 0 aromatic heterocycles. The van der Waals surface area contributed by atoms with E-state index in [9.17, 15) is 19.8 Å². The number of benzene rings is 1. The highest BCUT2D eigenvalue weighted by atomic mass is 19.1. The first-order valence-corrected chi connectivity index (χ1v) is 15.9. The van der Waals surface area contributed by atoms with Gasteiger partial charge in [0, 0.05) is 34.4 Å². The van der Waals surface area contributed by atoms with Gasteiger partial charge in [-0.25, -0.2) is 13.2 Å². The highest BCUT2D eigenvalue weighted by Gasteiger charge is 2.80. The van der Waals surface area contributed by atoms with Gasteiger partial charge in [0.25, 0.3) is 0 Å². The van der Waals surface area contributed by atoms with E-state index in [-0.39, 0.29) is 42.5 Å². The number of rotatable bonds is 5. The van der Waals surface area contributed by atoms with E-state index in [1.807, 2.05) is 0 Å². The number of hydrogen-bond acceptors (Lipinski definition) is 8. The Balaban J connectivity index is 1.20. The van der Waals surface area contributed by atoms with Crippen LogP contribution in [0.25, 0.3) is 0 Å². The predicted octanol–water partition coefficient (Wildman–Crippen LogP) is 4.12. The maximum absolute atomic E-state index is 17.5. The largest absolute Gasteiger partial charge is 0.490 e. The lowest BCUT2D eigenvalue weighted by atomic mass is 9.44. The second-order valence-corrected chi connectivity index (χ2v) is 14.3. The van der Waals surface area contributed by atoms with E-state index in [1.165, 1.54) is 31.2 Å². The van der Waals surface area contributed by atoms with Crippen LogP contribution in [-0.2, 0) is 19.1 Å². The molecule has 7 rings (SSSR count). The van der Waals surface area contributed by atoms with Crippen LogP contribution in [0.1, 0.15) is 70.6 Å². The first-order chi connectivity index (χ1) is 21.3. The molecular weight excluding hydrogens is 591 g/mol. The fourth-order valence-electron chi connectivity index (χ4n) is 9.88. The Hall–Kier alpha value is -2.57. The molecule has 1 heterocycles. The lowest BCUT2D eigenvalue weighted by Crippen LogP contribution is -2.70. The number of carbonyl (C=O) groups excluding carboxylic acids is 2. The molecule has 0 radical (unpaired) electrons. The standard InChI is InChI=1S/C34H40F3NO7/c1-31-10-9-18(40)11-24(31)26(36)13-23-22-14-29-34(28(42)16-39,32(22,2)15-27(41)33(23,31)37)45-30(44-29)21-8-7-20(12-25(21)35)43-19-5-3-17(38)4-6-19/h7-12,17,19,22-23,26-27,29-30,39,41H,3-6,13-16,38H2,1-2H3/t17?,19?,22-,23-,26-,27-,29+,30+,31-,32-,33-,34+/m0/s1. The third kappa shape index (κ3) is 4.16. The van der Waals surface area contributed by atoms with Gasteiger partial charge < -0.3 is 30.2 Å². The average Bonchev–Trinajstić information content (AvgIpc) is 3.49. The van der Waals surface area contributed by atoms with Gasteiger partial charge in [-0.2, -0.15) is 0 Å². The number of aliphatic hydroxyl groups excluding tert-OH is 2. The zero-order chi connectivity index (χ0) is 32.1. The maximum Gasteiger partial charge on any atom is 0.193 e. The van der Waals surface area contributed by atoms with Gasteiger partial charge >= 0.3 is 0 Å². The van der Waals surface area contributed by atoms with E-state index < -0.39 is 82.6 Å². The summed E-state index contributed by atoms with van der Waals surface area (Å²) in [5.41, 5.74) is -1.07. The van der Waals surface area contributed by atoms with Gasteiger partial charge in [0.05, 0.1) is 18.3 Å². The van der Waals surface area contributed by atoms with E-state index in [4.69, 9.17) is 19.9 Å². The summed E-state index contributed by atoms with van der Waals surface area (Å²) >= 11 is 0. The molecule has 0 spiro atoms. The first-order valence-electron chi connectivity index (χ1n) is 15.9. The van der Waals surface area contributed by atoms with Crippen molar-refractivity contribution in [1.29, 1.82) is 0 Å². The van der Waals surface area contributed by atoms with Crippen molar-refractivity contribution < 1.29 is 47.2 Å². The number of aliphatic hydroxyl groups is 2. The number of Topliss-reactive ketones (excluding diaryl/α,β-unsaturated/α-hetero) is 1. The third-order valence-electron chi connectivity index (χ3n) is 12.2. The van der Waals surface area contributed by atoms with Gasteiger partial charge in [-0.1, -0.05) is 13.0 Å². The monoisotopic (exact) mass is 631 g/mol. The molecule has 0 amide bonds. The van der Waals surface area contributed by atoms with Crippen LogP contribution in [0.15, 0.2) is 42.0 Å². The van der Waals surface area contributed by atoms with Gasteiger partial charge in [0.2, 0.25) is 0 Å². The minimum Gasteiger partial charge on any atom is -0.490 e. The number of hydrogen-bond donors (Lipinski definition) is 3. The topological polar surface area (TPSA) is 128 Å². The summed E-state index contributed by atoms with van der Waals surface area (Å²) in [6.45, 7) is 2.27. The van der Waals surface area contributed by atoms with Crippen molar-refractivity contribution in [3.63, 3.8) is 0 Å². The SMILES string of the molecule is C[C@]12C=CC(=O)C=C1[C@@H](F)C[C@H]1[C@@H]3C[C@H]4O[C@@H](c5ccc(OC6CCC(N)CC6)cc5F)O[C@@]4(C(=O)CO)[C@@]3(C)C[C@H](O)[C@@]12F. The maximum atomic E-state index is 17.5. The van der Waals surface area contributed by atoms with Crippen LogP contribution in [0.2, 0.25) is 0 Å². The second-order valence-electron chi connectivity index (χ2n) is 14.3. The molecule has 5 aliphatic carbocycles. The molecule has 244 valence electrons. The number of nitrogens with two attached hydrogens (primary N) is 1. The second kappa shape index (κ2) is 10.5. The van der Waals surface area contributed by atoms with Gasteiger partial charge in [0.1, 0.15) is 24.3 Å². The van der Waals surface area contributed by atoms with Crippen molar-refractivity contribution in [2.75, 3.05) is 6.61 Å². The van der Waals surface area contributed by atoms with Crippen LogP contribution < -0.4 is 10.5 Å². The fourth-order valence-corrected chi connectivity index (χ4v) is 9.88. The molecule has 1 aromatic carbocycles. The zero-order valence-corrected chi connectivity index (χ0v) is 25.4. The van der Waals surface area contributed by atoms with Gasteiger partial charge in [0.15, 0.2) is 29.1 Å². The quantitative estimate of drug-likeness (QED) is 0.443. The van der Waals surface area contributed by atoms with Crippen LogP contribution in [0.3, 0.4) is 0 Å². The molecular formula is C34H40F3NO7. The van der Waals surface area contributed by atoms with E-state index in [0.29, 0.717) is 5.75 Å². The Morgan fingerprint density at radius 1 is 1.16 bits per heavy atom. The Morgan fingerprint density at radius 2 is 1.89 bits per heavy atom. The van der Waals surface area contributed by atoms with Crippen LogP contribution in [-0.4, -0.2) is 70.2 Å². The lowest BCUT2D eigenvalue weighted by Gasteiger charge is -2.63. The summed E-state index contributed by atoms with van der Waals surface area (Å²) < 4.78 is 67.5. The number of ketones is 2. The minimum absolute atomic E-state index is 0.00160. The number of halogens is 3. The van der Waals surface area contributed by atoms with Crippen molar-refractivity contribution in [3.8, 4) is 5.75 Å². The summed E-state index contributed by atoms with van der Waals surface area (Å²) in [5.74, 6) is -3.25. The predicted molar refractivity (Wildman–Crippen MR) is 155 cm³/mol. The smallest absolute Gasteiger partial charge is 0.193 e. The van der Waals surface area contributed by atoms with Crippen molar-refractivity contribution in [2.24, 2.45) is 28.4 Å². The molecule has 1 saturated heterocycles. The van der Waals surface area contributed by atoms with Crippen molar-refractivity contribution in [3.05, 3.63) is 53.4 Å². The van der Waals surface area contributed by atoms with Crippen molar-refractivity contribution >= 4 is 11.6 Å². The van der Waals surface area contributed by atoms with E-state index in [2.05, 4.69) is 0 Å². The molecule has 11 heteroatoms. The fraction of sp³-hybridized carbons (Fsp3) is 0.647. The molecule has 4 saturated carbocycles. The number of carbonyl (C=O) groups is 2. The van der Waals surface area contributed by atoms with Crippen LogP contribution in [0.4, 0.5) is 13.2 Å². The number of ether oxygens (including phenoxy) is 3. The normalized spacial score (nSPS) is 46.9. The highest BCUT2D eigenvalue weighted by molar-refractivity contribution is 6.01. The Morgan fingerprint density at radius 3 is 2.58 bits per heavy atom. The Bertz CT molecular complexity index is 1480. The average molecular weight is 632 g/mol. The van der Waals surface area contributed by atoms with Crippen LogP contribution in [0, 0.1) is 28.5 Å². The van der Waals surface area contributed by atoms with Gasteiger partial charge in [-0.05, 0) is 87.6 Å². The van der Waals surface area contributed by atoms with Crippen LogP contribution >= 0.6 is 0 Å². The summed E-state index contributed by atoms with van der Waals surface area (Å²) in [6, 6.07) is 4.48. The number of allylic oxidation sites excluding steroid dienone is 4. The molecule has 4 N–H and O–H groups in total. The van der Waals surface area contributed by atoms with Crippen molar-refractivity contribution in [2.45, 2.75) is 107 Å². The third-order valence-corrected chi connectivity index (χ3v) is 12.2. The molecule has 1 aromatic rings. The first kappa shape index (κ1) is 31.1. The molecule has 45 heavy (non-hydrogen) atoms. The van der Waals surface area contributed by atoms with E-state index >= 15 is 13.2 Å². The molecule has 8 nitrogen and oxygen atoms in total. The van der Waals surface area contributed by atoms with Gasteiger partial charge in [-0.15, -0.1) is 0 Å². The Labute approximate surface area is 259 Å². The molecule has 6 aliphatic rings. The zero-order valence-electron chi connectivity index (χ0n) is 25.4. The summed E-state index contributed by atoms with van der Waals surface area (Å²) in [5, 5.41) is 21.8. The molecule has 1 aliphatic heterocycles.